The molecule has 1 aliphatic rings. The van der Waals surface area contributed by atoms with Crippen molar-refractivity contribution in [2.45, 2.75) is 19.6 Å². The van der Waals surface area contributed by atoms with Gasteiger partial charge in [-0.25, -0.2) is 0 Å². The lowest BCUT2D eigenvalue weighted by atomic mass is 10.1. The largest absolute Gasteiger partial charge is 0.256 e. The van der Waals surface area contributed by atoms with Gasteiger partial charge in [0.15, 0.2) is 0 Å². The normalized spacial score (nSPS) is 12.3. The van der Waals surface area contributed by atoms with E-state index in [9.17, 15) is 0 Å². The Balaban J connectivity index is 1.52. The van der Waals surface area contributed by atoms with E-state index < -0.39 is 0 Å². The third kappa shape index (κ3) is 2.91. The number of nitrogens with zero attached hydrogens (tertiary/aromatic N) is 2. The molecule has 2 nitrogen and oxygen atoms in total. The van der Waals surface area contributed by atoms with Crippen molar-refractivity contribution in [2.75, 3.05) is 0 Å². The lowest BCUT2D eigenvalue weighted by Gasteiger charge is -2.19. The number of hydrogen-bond donors (Lipinski definition) is 0. The number of rotatable bonds is 2. The Kier molecular flexibility index (Phi) is 4.00. The van der Waals surface area contributed by atoms with Crippen LogP contribution in [-0.4, -0.2) is 9.97 Å². The molecule has 0 saturated carbocycles. The molecule has 0 aliphatic carbocycles. The topological polar surface area (TPSA) is 25.8 Å². The van der Waals surface area contributed by atoms with Gasteiger partial charge in [0, 0.05) is 43.1 Å². The Morgan fingerprint density at radius 1 is 0.500 bits per heavy atom. The molecule has 5 rings (SSSR count). The molecule has 4 aromatic rings. The first kappa shape index (κ1) is 15.7. The molecule has 0 fully saturated rings. The van der Waals surface area contributed by atoms with E-state index in [4.69, 9.17) is 0 Å². The zero-order valence-electron chi connectivity index (χ0n) is 13.8. The van der Waals surface area contributed by atoms with Gasteiger partial charge in [-0.15, -0.1) is 0 Å². The van der Waals surface area contributed by atoms with Gasteiger partial charge in [0.25, 0.3) is 0 Å². The summed E-state index contributed by atoms with van der Waals surface area (Å²) in [7, 11) is 0. The molecule has 1 aliphatic heterocycles. The fraction of sp³-hybridized carbons (Fsp3) is 0. The van der Waals surface area contributed by atoms with Crippen LogP contribution < -0.4 is 0 Å². The number of pyridine rings is 2. The highest BCUT2D eigenvalue weighted by Crippen LogP contribution is 2.50. The summed E-state index contributed by atoms with van der Waals surface area (Å²) in [4.78, 5) is 14.1. The summed E-state index contributed by atoms with van der Waals surface area (Å²) in [6.07, 6.45) is 3.68. The van der Waals surface area contributed by atoms with Crippen molar-refractivity contribution in [3.63, 3.8) is 0 Å². The Morgan fingerprint density at radius 2 is 1.00 bits per heavy atom. The minimum Gasteiger partial charge on any atom is -0.256 e. The molecule has 2 aromatic carbocycles. The zero-order chi connectivity index (χ0) is 17.3. The van der Waals surface area contributed by atoms with Crippen LogP contribution in [0.5, 0.6) is 0 Å². The van der Waals surface area contributed by atoms with E-state index in [1.165, 1.54) is 19.6 Å². The zero-order valence-corrected chi connectivity index (χ0v) is 15.4. The van der Waals surface area contributed by atoms with Crippen LogP contribution in [0, 0.1) is 0 Å². The van der Waals surface area contributed by atoms with E-state index in [0.29, 0.717) is 0 Å². The van der Waals surface area contributed by atoms with Crippen LogP contribution in [0.3, 0.4) is 0 Å². The van der Waals surface area contributed by atoms with Gasteiger partial charge < -0.3 is 0 Å². The van der Waals surface area contributed by atoms with Crippen molar-refractivity contribution in [2.24, 2.45) is 0 Å². The molecule has 0 bridgehead atoms. The standard InChI is InChI=1S/C22H14N2S2/c1-3-11-23-17(5-1)15-7-9-19-21(13-15)26-22-14-16(8-10-20(22)25-19)18-6-2-4-12-24-18/h1-14H. The van der Waals surface area contributed by atoms with Crippen molar-refractivity contribution in [3.8, 4) is 22.5 Å². The van der Waals surface area contributed by atoms with Crippen molar-refractivity contribution >= 4 is 23.5 Å². The predicted octanol–water partition coefficient (Wildman–Crippen LogP) is 6.43. The van der Waals surface area contributed by atoms with Crippen LogP contribution >= 0.6 is 23.5 Å². The molecule has 26 heavy (non-hydrogen) atoms. The molecular formula is C22H14N2S2. The summed E-state index contributed by atoms with van der Waals surface area (Å²) < 4.78 is 0. The van der Waals surface area contributed by atoms with Gasteiger partial charge in [0.05, 0.1) is 11.4 Å². The van der Waals surface area contributed by atoms with Crippen molar-refractivity contribution in [1.82, 2.24) is 9.97 Å². The van der Waals surface area contributed by atoms with Crippen LogP contribution in [0.15, 0.2) is 105 Å². The number of benzene rings is 2. The molecule has 0 amide bonds. The van der Waals surface area contributed by atoms with Gasteiger partial charge in [-0.1, -0.05) is 47.8 Å². The highest BCUT2D eigenvalue weighted by molar-refractivity contribution is 8.05. The third-order valence-electron chi connectivity index (χ3n) is 4.25. The maximum atomic E-state index is 4.47. The van der Waals surface area contributed by atoms with Gasteiger partial charge in [-0.2, -0.15) is 0 Å². The third-order valence-corrected chi connectivity index (χ3v) is 6.77. The fourth-order valence-corrected chi connectivity index (χ4v) is 5.24. The first-order chi connectivity index (χ1) is 12.9. The summed E-state index contributed by atoms with van der Waals surface area (Å²) in [5, 5.41) is 0. The molecule has 0 saturated heterocycles. The Morgan fingerprint density at radius 3 is 1.46 bits per heavy atom. The molecule has 2 aromatic heterocycles. The lowest BCUT2D eigenvalue weighted by Crippen LogP contribution is -1.92. The average molecular weight is 371 g/mol. The average Bonchev–Trinajstić information content (AvgIpc) is 2.73. The van der Waals surface area contributed by atoms with Gasteiger partial charge in [-0.3, -0.25) is 9.97 Å². The second kappa shape index (κ2) is 6.63. The van der Waals surface area contributed by atoms with Crippen molar-refractivity contribution < 1.29 is 0 Å². The fourth-order valence-electron chi connectivity index (χ4n) is 2.97. The summed E-state index contributed by atoms with van der Waals surface area (Å²) in [5.74, 6) is 0. The summed E-state index contributed by atoms with van der Waals surface area (Å²) >= 11 is 3.65. The summed E-state index contributed by atoms with van der Waals surface area (Å²) in [6, 6.07) is 25.2. The second-order valence-corrected chi connectivity index (χ2v) is 8.12. The lowest BCUT2D eigenvalue weighted by molar-refractivity contribution is 1.15. The van der Waals surface area contributed by atoms with E-state index in [1.54, 1.807) is 0 Å². The highest BCUT2D eigenvalue weighted by atomic mass is 32.2. The highest BCUT2D eigenvalue weighted by Gasteiger charge is 2.18. The molecule has 0 N–H and O–H groups in total. The summed E-state index contributed by atoms with van der Waals surface area (Å²) in [5.41, 5.74) is 4.33. The summed E-state index contributed by atoms with van der Waals surface area (Å²) in [6.45, 7) is 0. The molecule has 3 heterocycles. The molecular weight excluding hydrogens is 356 g/mol. The van der Waals surface area contributed by atoms with Crippen LogP contribution in [-0.2, 0) is 0 Å². The van der Waals surface area contributed by atoms with Gasteiger partial charge in [-0.05, 0) is 48.5 Å². The van der Waals surface area contributed by atoms with E-state index in [1.807, 2.05) is 60.2 Å². The number of hydrogen-bond acceptors (Lipinski definition) is 4. The van der Waals surface area contributed by atoms with Gasteiger partial charge in [0.2, 0.25) is 0 Å². The first-order valence-corrected chi connectivity index (χ1v) is 9.97. The van der Waals surface area contributed by atoms with Gasteiger partial charge in [0.1, 0.15) is 0 Å². The smallest absolute Gasteiger partial charge is 0.0702 e. The van der Waals surface area contributed by atoms with Crippen molar-refractivity contribution in [3.05, 3.63) is 85.2 Å². The quantitative estimate of drug-likeness (QED) is 0.358. The number of fused-ring (bicyclic) bond motifs is 2. The van der Waals surface area contributed by atoms with Crippen LogP contribution in [0.4, 0.5) is 0 Å². The molecule has 4 heteroatoms. The van der Waals surface area contributed by atoms with E-state index in [2.05, 4.69) is 58.5 Å². The Bertz CT molecular complexity index is 993. The molecule has 0 radical (unpaired) electrons. The first-order valence-electron chi connectivity index (χ1n) is 8.33. The van der Waals surface area contributed by atoms with Gasteiger partial charge >= 0.3 is 0 Å². The molecule has 124 valence electrons. The van der Waals surface area contributed by atoms with Crippen LogP contribution in [0.2, 0.25) is 0 Å². The van der Waals surface area contributed by atoms with E-state index >= 15 is 0 Å². The minimum absolute atomic E-state index is 1.01. The molecule has 0 unspecified atom stereocenters. The maximum Gasteiger partial charge on any atom is 0.0702 e. The van der Waals surface area contributed by atoms with E-state index in [0.717, 1.165) is 22.5 Å². The second-order valence-electron chi connectivity index (χ2n) is 5.96. The monoisotopic (exact) mass is 370 g/mol. The van der Waals surface area contributed by atoms with E-state index in [-0.39, 0.29) is 0 Å². The SMILES string of the molecule is c1ccc(-c2ccc3c(c2)Sc2cc(-c4ccccn4)ccc2S3)nc1. The van der Waals surface area contributed by atoms with Crippen molar-refractivity contribution in [1.29, 1.82) is 0 Å². The molecule has 0 atom stereocenters. The van der Waals surface area contributed by atoms with Crippen LogP contribution in [0.1, 0.15) is 0 Å². The molecule has 0 spiro atoms. The number of aromatic nitrogens is 2. The predicted molar refractivity (Wildman–Crippen MR) is 108 cm³/mol. The minimum atomic E-state index is 1.01. The maximum absolute atomic E-state index is 4.47. The van der Waals surface area contributed by atoms with Crippen LogP contribution in [0.25, 0.3) is 22.5 Å². The Hall–Kier alpha value is -2.56. The Labute approximate surface area is 160 Å².